The van der Waals surface area contributed by atoms with Gasteiger partial charge in [0.2, 0.25) is 0 Å². The molecule has 1 aromatic rings. The van der Waals surface area contributed by atoms with Gasteiger partial charge in [0.25, 0.3) is 0 Å². The van der Waals surface area contributed by atoms with E-state index in [0.717, 1.165) is 10.3 Å². The molecule has 9 heavy (non-hydrogen) atoms. The van der Waals surface area contributed by atoms with E-state index in [1.165, 1.54) is 0 Å². The van der Waals surface area contributed by atoms with Gasteiger partial charge in [-0.3, -0.25) is 0 Å². The summed E-state index contributed by atoms with van der Waals surface area (Å²) in [5, 5.41) is 0. The fourth-order valence-electron chi connectivity index (χ4n) is 0.496. The van der Waals surface area contributed by atoms with E-state index in [9.17, 15) is 0 Å². The van der Waals surface area contributed by atoms with Crippen LogP contribution >= 0.6 is 31.9 Å². The molecule has 0 radical (unpaired) electrons. The van der Waals surface area contributed by atoms with Gasteiger partial charge in [0, 0.05) is 5.69 Å². The molecule has 0 atom stereocenters. The van der Waals surface area contributed by atoms with Crippen molar-refractivity contribution < 1.29 is 0 Å². The van der Waals surface area contributed by atoms with Crippen LogP contribution in [0.3, 0.4) is 0 Å². The van der Waals surface area contributed by atoms with Gasteiger partial charge < -0.3 is 0 Å². The predicted octanol–water partition coefficient (Wildman–Crippen LogP) is 2.31. The molecule has 0 bridgehead atoms. The van der Waals surface area contributed by atoms with Gasteiger partial charge in [-0.2, -0.15) is 0 Å². The van der Waals surface area contributed by atoms with E-state index in [0.29, 0.717) is 4.73 Å². The number of nitrogens with zero attached hydrogens (tertiary/aromatic N) is 2. The lowest BCUT2D eigenvalue weighted by Crippen LogP contribution is -1.85. The van der Waals surface area contributed by atoms with Gasteiger partial charge in [-0.15, -0.1) is 0 Å². The van der Waals surface area contributed by atoms with Gasteiger partial charge in [-0.25, -0.2) is 9.97 Å². The molecule has 0 fully saturated rings. The highest BCUT2D eigenvalue weighted by molar-refractivity contribution is 9.11. The lowest BCUT2D eigenvalue weighted by atomic mass is 10.5. The summed E-state index contributed by atoms with van der Waals surface area (Å²) in [6.45, 7) is 1.91. The molecular weight excluding hydrogens is 248 g/mol. The maximum atomic E-state index is 4.01. The molecule has 1 heterocycles. The van der Waals surface area contributed by atoms with E-state index in [-0.39, 0.29) is 0 Å². The third-order valence-electron chi connectivity index (χ3n) is 0.796. The highest BCUT2D eigenvalue weighted by atomic mass is 79.9. The quantitative estimate of drug-likeness (QED) is 0.523. The summed E-state index contributed by atoms with van der Waals surface area (Å²) in [7, 11) is 0. The molecule has 0 saturated heterocycles. The maximum Gasteiger partial charge on any atom is 0.197 e. The van der Waals surface area contributed by atoms with Crippen LogP contribution in [0.15, 0.2) is 15.4 Å². The average Bonchev–Trinajstić information content (AvgIpc) is 1.59. The van der Waals surface area contributed by atoms with Crippen LogP contribution in [0.4, 0.5) is 0 Å². The Kier molecular flexibility index (Phi) is 2.18. The smallest absolute Gasteiger partial charge is 0.197 e. The number of hydrogen-bond donors (Lipinski definition) is 0. The Morgan fingerprint density at radius 1 is 1.33 bits per heavy atom. The Hall–Kier alpha value is 0.0400. The van der Waals surface area contributed by atoms with Gasteiger partial charge >= 0.3 is 0 Å². The van der Waals surface area contributed by atoms with Crippen LogP contribution < -0.4 is 0 Å². The topological polar surface area (TPSA) is 25.8 Å². The summed E-state index contributed by atoms with van der Waals surface area (Å²) in [5.74, 6) is 0. The highest BCUT2D eigenvalue weighted by Crippen LogP contribution is 2.10. The van der Waals surface area contributed by atoms with Crippen LogP contribution in [0.1, 0.15) is 5.69 Å². The first kappa shape index (κ1) is 7.15. The molecule has 0 amide bonds. The summed E-state index contributed by atoms with van der Waals surface area (Å²) in [6.07, 6.45) is 0. The maximum absolute atomic E-state index is 4.01. The zero-order valence-electron chi connectivity index (χ0n) is 4.73. The first-order valence-corrected chi connectivity index (χ1v) is 3.94. The van der Waals surface area contributed by atoms with Gasteiger partial charge in [0.05, 0.1) is 0 Å². The van der Waals surface area contributed by atoms with Crippen LogP contribution in [0.5, 0.6) is 0 Å². The average molecular weight is 252 g/mol. The van der Waals surface area contributed by atoms with E-state index in [4.69, 9.17) is 0 Å². The van der Waals surface area contributed by atoms with Crippen molar-refractivity contribution in [2.45, 2.75) is 6.92 Å². The molecule has 4 heteroatoms. The second-order valence-corrected chi connectivity index (χ2v) is 3.12. The van der Waals surface area contributed by atoms with Gasteiger partial charge in [0.1, 0.15) is 4.60 Å². The van der Waals surface area contributed by atoms with Crippen LogP contribution in [0.2, 0.25) is 0 Å². The lowest BCUT2D eigenvalue weighted by Gasteiger charge is -1.92. The van der Waals surface area contributed by atoms with Gasteiger partial charge in [-0.05, 0) is 44.8 Å². The predicted molar refractivity (Wildman–Crippen MR) is 42.2 cm³/mol. The fourth-order valence-corrected chi connectivity index (χ4v) is 1.70. The molecule has 0 spiro atoms. The van der Waals surface area contributed by atoms with Crippen LogP contribution in [-0.2, 0) is 0 Å². The second-order valence-electron chi connectivity index (χ2n) is 1.60. The minimum absolute atomic E-state index is 0.620. The van der Waals surface area contributed by atoms with E-state index in [1.54, 1.807) is 0 Å². The Labute approximate surface area is 70.0 Å². The summed E-state index contributed by atoms with van der Waals surface area (Å²) < 4.78 is 1.43. The molecule has 0 saturated carbocycles. The van der Waals surface area contributed by atoms with Crippen molar-refractivity contribution in [1.29, 1.82) is 0 Å². The van der Waals surface area contributed by atoms with Crippen molar-refractivity contribution in [3.05, 3.63) is 21.1 Å². The SMILES string of the molecule is Cc1cc(Br)nc(Br)n1. The van der Waals surface area contributed by atoms with E-state index in [2.05, 4.69) is 41.8 Å². The third kappa shape index (κ3) is 2.02. The second kappa shape index (κ2) is 2.75. The summed E-state index contributed by atoms with van der Waals surface area (Å²) in [5.41, 5.74) is 0.948. The molecule has 2 nitrogen and oxygen atoms in total. The summed E-state index contributed by atoms with van der Waals surface area (Å²) >= 11 is 6.39. The number of aromatic nitrogens is 2. The van der Waals surface area contributed by atoms with Crippen LogP contribution in [0, 0.1) is 6.92 Å². The molecular formula is C5H4Br2N2. The van der Waals surface area contributed by atoms with Crippen LogP contribution in [0.25, 0.3) is 0 Å². The first-order valence-electron chi connectivity index (χ1n) is 2.35. The van der Waals surface area contributed by atoms with Crippen molar-refractivity contribution in [3.63, 3.8) is 0 Å². The normalized spacial score (nSPS) is 9.67. The molecule has 0 aliphatic rings. The van der Waals surface area contributed by atoms with E-state index < -0.39 is 0 Å². The van der Waals surface area contributed by atoms with E-state index >= 15 is 0 Å². The van der Waals surface area contributed by atoms with Crippen molar-refractivity contribution in [2.24, 2.45) is 0 Å². The Morgan fingerprint density at radius 3 is 2.44 bits per heavy atom. The Balaban J connectivity index is 3.17. The molecule has 0 aliphatic carbocycles. The van der Waals surface area contributed by atoms with Gasteiger partial charge in [0.15, 0.2) is 4.73 Å². The minimum atomic E-state index is 0.620. The largest absolute Gasteiger partial charge is 0.227 e. The first-order chi connectivity index (χ1) is 4.18. The van der Waals surface area contributed by atoms with Crippen molar-refractivity contribution in [3.8, 4) is 0 Å². The fraction of sp³-hybridized carbons (Fsp3) is 0.200. The molecule has 0 N–H and O–H groups in total. The number of aryl methyl sites for hydroxylation is 1. The Morgan fingerprint density at radius 2 is 2.00 bits per heavy atom. The zero-order valence-corrected chi connectivity index (χ0v) is 7.90. The summed E-state index contributed by atoms with van der Waals surface area (Å²) in [6, 6.07) is 1.85. The monoisotopic (exact) mass is 250 g/mol. The number of rotatable bonds is 0. The van der Waals surface area contributed by atoms with Gasteiger partial charge in [-0.1, -0.05) is 0 Å². The molecule has 1 rings (SSSR count). The van der Waals surface area contributed by atoms with E-state index in [1.807, 2.05) is 13.0 Å². The van der Waals surface area contributed by atoms with Crippen molar-refractivity contribution >= 4 is 31.9 Å². The number of hydrogen-bond acceptors (Lipinski definition) is 2. The molecule has 1 aromatic heterocycles. The molecule has 0 unspecified atom stereocenters. The van der Waals surface area contributed by atoms with Crippen molar-refractivity contribution in [2.75, 3.05) is 0 Å². The zero-order chi connectivity index (χ0) is 6.85. The van der Waals surface area contributed by atoms with Crippen LogP contribution in [-0.4, -0.2) is 9.97 Å². The van der Waals surface area contributed by atoms with Crippen molar-refractivity contribution in [1.82, 2.24) is 9.97 Å². The lowest BCUT2D eigenvalue weighted by molar-refractivity contribution is 1.03. The molecule has 0 aliphatic heterocycles. The third-order valence-corrected chi connectivity index (χ3v) is 1.56. The number of halogens is 2. The summed E-state index contributed by atoms with van der Waals surface area (Å²) in [4.78, 5) is 7.97. The molecule has 0 aromatic carbocycles. The highest BCUT2D eigenvalue weighted by Gasteiger charge is 1.93. The standard InChI is InChI=1S/C5H4Br2N2/c1-3-2-4(6)9-5(7)8-3/h2H,1H3. The minimum Gasteiger partial charge on any atom is -0.227 e. The molecule has 48 valence electrons. The Bertz CT molecular complexity index is 174.